The second-order valence-electron chi connectivity index (χ2n) is 20.0. The first-order valence-corrected chi connectivity index (χ1v) is 24.9. The van der Waals surface area contributed by atoms with Gasteiger partial charge in [0, 0.05) is 51.3 Å². The Morgan fingerprint density at radius 1 is 0.449 bits per heavy atom. The number of nitrogens with zero attached hydrogens (tertiary/aromatic N) is 4. The first-order valence-electron chi connectivity index (χ1n) is 24.9. The zero-order valence-electron chi connectivity index (χ0n) is 38.5. The summed E-state index contributed by atoms with van der Waals surface area (Å²) in [4.78, 5) is 10.1. The van der Waals surface area contributed by atoms with E-state index < -0.39 is 0 Å². The van der Waals surface area contributed by atoms with E-state index in [0.29, 0.717) is 18.5 Å². The summed E-state index contributed by atoms with van der Waals surface area (Å²) in [6, 6.07) is 77.1. The predicted molar refractivity (Wildman–Crippen MR) is 282 cm³/mol. The van der Waals surface area contributed by atoms with Crippen LogP contribution in [-0.4, -0.2) is 16.2 Å². The first-order chi connectivity index (χ1) is 34.2. The van der Waals surface area contributed by atoms with Crippen molar-refractivity contribution in [2.75, 3.05) is 16.5 Å². The predicted octanol–water partition coefficient (Wildman–Crippen LogP) is 16.3. The van der Waals surface area contributed by atoms with Gasteiger partial charge in [0.15, 0.2) is 0 Å². The molecule has 5 nitrogen and oxygen atoms in total. The van der Waals surface area contributed by atoms with Crippen molar-refractivity contribution >= 4 is 44.6 Å². The third kappa shape index (κ3) is 6.47. The van der Waals surface area contributed by atoms with Crippen LogP contribution >= 0.6 is 0 Å². The van der Waals surface area contributed by atoms with Crippen LogP contribution in [0.5, 0.6) is 11.5 Å². The number of pyridine rings is 1. The van der Waals surface area contributed by atoms with Crippen LogP contribution < -0.4 is 14.5 Å². The molecular formula is C64H52N4O. The third-order valence-electron chi connectivity index (χ3n) is 16.4. The number of aromatic nitrogens is 2. The molecular weight excluding hydrogens is 841 g/mol. The average Bonchev–Trinajstić information content (AvgIpc) is 3.95. The molecule has 4 aliphatic carbocycles. The fraction of sp³-hybridized carbons (Fsp3) is 0.172. The Morgan fingerprint density at radius 2 is 1.04 bits per heavy atom. The fourth-order valence-electron chi connectivity index (χ4n) is 13.8. The number of anilines is 4. The third-order valence-corrected chi connectivity index (χ3v) is 16.4. The van der Waals surface area contributed by atoms with Gasteiger partial charge in [-0.25, -0.2) is 4.98 Å². The second kappa shape index (κ2) is 16.1. The Hall–Kier alpha value is -7.89. The van der Waals surface area contributed by atoms with E-state index in [-0.39, 0.29) is 5.41 Å². The number of benzene rings is 8. The van der Waals surface area contributed by atoms with Gasteiger partial charge in [-0.15, -0.1) is 0 Å². The number of rotatable bonds is 9. The minimum atomic E-state index is -0.00718. The normalized spacial score (nSPS) is 21.3. The summed E-state index contributed by atoms with van der Waals surface area (Å²) in [7, 11) is 0. The van der Waals surface area contributed by atoms with Gasteiger partial charge < -0.3 is 14.5 Å². The van der Waals surface area contributed by atoms with E-state index in [1.165, 1.54) is 87.6 Å². The van der Waals surface area contributed by atoms with Gasteiger partial charge in [-0.2, -0.15) is 0 Å². The second-order valence-corrected chi connectivity index (χ2v) is 20.0. The number of hydrogen-bond acceptors (Lipinski definition) is 4. The molecule has 0 atom stereocenters. The minimum absolute atomic E-state index is 0.00718. The highest BCUT2D eigenvalue weighted by Gasteiger charge is 2.58. The quantitative estimate of drug-likeness (QED) is 0.145. The zero-order chi connectivity index (χ0) is 45.5. The Bertz CT molecular complexity index is 3460. The smallest absolute Gasteiger partial charge is 0.137 e. The molecule has 3 heterocycles. The summed E-state index contributed by atoms with van der Waals surface area (Å²) >= 11 is 0. The van der Waals surface area contributed by atoms with Crippen molar-refractivity contribution in [1.29, 1.82) is 0 Å². The van der Waals surface area contributed by atoms with Crippen molar-refractivity contribution in [2.45, 2.75) is 37.5 Å². The van der Waals surface area contributed by atoms with E-state index in [1.807, 2.05) is 0 Å². The maximum Gasteiger partial charge on any atom is 0.137 e. The maximum atomic E-state index is 6.91. The van der Waals surface area contributed by atoms with Gasteiger partial charge in [0.25, 0.3) is 0 Å². The highest BCUT2D eigenvalue weighted by atomic mass is 16.5. The SMILES string of the molecule is c1ccc(-c2cccc(-c3ccccc3)c2N2CN(c3cccc(Oc4ccc5c6ccccc6n(-c6cc(C7(c8ccccc8)C8CC9CC(C8)CC7C9)ccn6)c5c4)c3)c3ccccc32)cc1. The van der Waals surface area contributed by atoms with Gasteiger partial charge in [0.2, 0.25) is 0 Å². The van der Waals surface area contributed by atoms with E-state index in [9.17, 15) is 0 Å². The lowest BCUT2D eigenvalue weighted by atomic mass is 9.42. The molecule has 334 valence electrons. The molecule has 8 aromatic carbocycles. The molecule has 0 saturated heterocycles. The van der Waals surface area contributed by atoms with Crippen LogP contribution in [0.25, 0.3) is 49.9 Å². The van der Waals surface area contributed by atoms with Crippen LogP contribution in [0.15, 0.2) is 219 Å². The van der Waals surface area contributed by atoms with E-state index in [4.69, 9.17) is 9.72 Å². The summed E-state index contributed by atoms with van der Waals surface area (Å²) in [6.45, 7) is 0.638. The van der Waals surface area contributed by atoms with E-state index in [1.54, 1.807) is 0 Å². The summed E-state index contributed by atoms with van der Waals surface area (Å²) < 4.78 is 9.28. The van der Waals surface area contributed by atoms with Gasteiger partial charge in [-0.05, 0) is 133 Å². The average molecular weight is 893 g/mol. The summed E-state index contributed by atoms with van der Waals surface area (Å²) in [6.07, 6.45) is 8.83. The molecule has 0 radical (unpaired) electrons. The van der Waals surface area contributed by atoms with Crippen LogP contribution in [0.3, 0.4) is 0 Å². The molecule has 5 heteroatoms. The van der Waals surface area contributed by atoms with E-state index in [2.05, 4.69) is 233 Å². The van der Waals surface area contributed by atoms with Gasteiger partial charge in [0.05, 0.1) is 28.1 Å². The van der Waals surface area contributed by atoms with Crippen LogP contribution in [-0.2, 0) is 5.41 Å². The van der Waals surface area contributed by atoms with Crippen LogP contribution in [0.4, 0.5) is 22.7 Å². The molecule has 0 unspecified atom stereocenters. The first kappa shape index (κ1) is 40.2. The summed E-state index contributed by atoms with van der Waals surface area (Å²) in [5.74, 6) is 5.57. The highest BCUT2D eigenvalue weighted by molar-refractivity contribution is 6.09. The highest BCUT2D eigenvalue weighted by Crippen LogP contribution is 2.65. The van der Waals surface area contributed by atoms with Crippen molar-refractivity contribution in [1.82, 2.24) is 9.55 Å². The van der Waals surface area contributed by atoms with Crippen molar-refractivity contribution < 1.29 is 4.74 Å². The lowest BCUT2D eigenvalue weighted by molar-refractivity contribution is -0.0418. The van der Waals surface area contributed by atoms with Crippen molar-refractivity contribution in [3.05, 3.63) is 230 Å². The Balaban J connectivity index is 0.834. The minimum Gasteiger partial charge on any atom is -0.457 e. The molecule has 0 N–H and O–H groups in total. The van der Waals surface area contributed by atoms with Crippen molar-refractivity contribution in [2.24, 2.45) is 23.7 Å². The Kier molecular flexibility index (Phi) is 9.40. The molecule has 5 aliphatic rings. The van der Waals surface area contributed by atoms with Gasteiger partial charge in [-0.1, -0.05) is 146 Å². The molecule has 4 fully saturated rings. The van der Waals surface area contributed by atoms with Crippen LogP contribution in [0, 0.1) is 23.7 Å². The number of para-hydroxylation sites is 4. The molecule has 15 rings (SSSR count). The topological polar surface area (TPSA) is 33.5 Å². The van der Waals surface area contributed by atoms with Gasteiger partial charge >= 0.3 is 0 Å². The van der Waals surface area contributed by atoms with Crippen LogP contribution in [0.1, 0.15) is 43.2 Å². The molecule has 4 bridgehead atoms. The molecule has 0 spiro atoms. The maximum absolute atomic E-state index is 6.91. The van der Waals surface area contributed by atoms with E-state index >= 15 is 0 Å². The molecule has 1 aliphatic heterocycles. The monoisotopic (exact) mass is 892 g/mol. The summed E-state index contributed by atoms with van der Waals surface area (Å²) in [5.41, 5.74) is 14.5. The van der Waals surface area contributed by atoms with Gasteiger partial charge in [0.1, 0.15) is 24.0 Å². The van der Waals surface area contributed by atoms with Crippen molar-refractivity contribution in [3.8, 4) is 39.6 Å². The zero-order valence-corrected chi connectivity index (χ0v) is 38.5. The molecule has 4 saturated carbocycles. The lowest BCUT2D eigenvalue weighted by Gasteiger charge is -2.62. The molecule has 2 aromatic heterocycles. The fourth-order valence-corrected chi connectivity index (χ4v) is 13.8. The standard InChI is InChI=1S/C64H52N4O/c1-4-16-45(17-5-1)54-25-15-26-55(46-18-6-2-7-19-46)63(54)67-42-66(59-28-12-13-29-60(59)67)51-22-14-23-52(40-51)69-53-30-31-57-56-24-10-11-27-58(56)68(61(57)41-53)62-39-48(32-33-65-62)64(47-20-8-3-9-21-47)49-35-43-34-44(37-49)38-50(64)36-43/h1-33,39-41,43-44,49-50H,34-38,42H2. The number of ether oxygens (including phenoxy) is 1. The van der Waals surface area contributed by atoms with E-state index in [0.717, 1.165) is 51.6 Å². The molecule has 10 aromatic rings. The number of hydrogen-bond donors (Lipinski definition) is 0. The Morgan fingerprint density at radius 3 is 1.75 bits per heavy atom. The van der Waals surface area contributed by atoms with Crippen LogP contribution in [0.2, 0.25) is 0 Å². The summed E-state index contributed by atoms with van der Waals surface area (Å²) in [5, 5.41) is 2.40. The molecule has 69 heavy (non-hydrogen) atoms. The number of fused-ring (bicyclic) bond motifs is 4. The van der Waals surface area contributed by atoms with Gasteiger partial charge in [-0.3, -0.25) is 4.57 Å². The lowest BCUT2D eigenvalue weighted by Crippen LogP contribution is -2.56. The van der Waals surface area contributed by atoms with Crippen molar-refractivity contribution in [3.63, 3.8) is 0 Å². The largest absolute Gasteiger partial charge is 0.457 e. The molecule has 0 amide bonds. The Labute approximate surface area is 403 Å².